The molecule has 0 aromatic heterocycles. The molecular formula is C7H11N. The van der Waals surface area contributed by atoms with Crippen LogP contribution in [-0.2, 0) is 0 Å². The van der Waals surface area contributed by atoms with E-state index in [9.17, 15) is 0 Å². The third-order valence-electron chi connectivity index (χ3n) is 1.54. The molecule has 1 rings (SSSR count). The van der Waals surface area contributed by atoms with Gasteiger partial charge in [-0.05, 0) is 19.3 Å². The summed E-state index contributed by atoms with van der Waals surface area (Å²) >= 11 is 0. The van der Waals surface area contributed by atoms with E-state index < -0.39 is 0 Å². The van der Waals surface area contributed by atoms with Crippen molar-refractivity contribution >= 4 is 0 Å². The molecule has 1 heteroatoms. The summed E-state index contributed by atoms with van der Waals surface area (Å²) in [6.07, 6.45) is 9.10. The Labute approximate surface area is 50.7 Å². The van der Waals surface area contributed by atoms with Gasteiger partial charge in [-0.15, -0.1) is 0 Å². The first-order valence-corrected chi connectivity index (χ1v) is 3.14. The molecule has 0 spiro atoms. The Balaban J connectivity index is 2.25. The van der Waals surface area contributed by atoms with Crippen LogP contribution in [0.5, 0.6) is 0 Å². The zero-order chi connectivity index (χ0) is 5.82. The third-order valence-corrected chi connectivity index (χ3v) is 1.54. The zero-order valence-corrected chi connectivity index (χ0v) is 5.06. The molecule has 0 saturated carbocycles. The van der Waals surface area contributed by atoms with Crippen molar-refractivity contribution in [3.8, 4) is 12.5 Å². The van der Waals surface area contributed by atoms with E-state index in [0.29, 0.717) is 0 Å². The molecular weight excluding hydrogens is 98.1 g/mol. The van der Waals surface area contributed by atoms with Gasteiger partial charge in [0.1, 0.15) is 0 Å². The summed E-state index contributed by atoms with van der Waals surface area (Å²) in [7, 11) is 0. The Morgan fingerprint density at radius 2 is 1.75 bits per heavy atom. The van der Waals surface area contributed by atoms with Crippen molar-refractivity contribution in [3.63, 3.8) is 0 Å². The lowest BCUT2D eigenvalue weighted by molar-refractivity contribution is 0.327. The van der Waals surface area contributed by atoms with Gasteiger partial charge in [0.2, 0.25) is 0 Å². The topological polar surface area (TPSA) is 3.24 Å². The van der Waals surface area contributed by atoms with Crippen molar-refractivity contribution in [2.45, 2.75) is 19.3 Å². The van der Waals surface area contributed by atoms with E-state index in [1.54, 1.807) is 0 Å². The van der Waals surface area contributed by atoms with Crippen LogP contribution in [0.15, 0.2) is 0 Å². The highest BCUT2D eigenvalue weighted by Crippen LogP contribution is 2.05. The fraction of sp³-hybridized carbons (Fsp3) is 0.714. The second-order valence-corrected chi connectivity index (χ2v) is 2.18. The number of rotatable bonds is 0. The molecule has 0 atom stereocenters. The fourth-order valence-corrected chi connectivity index (χ4v) is 1.02. The summed E-state index contributed by atoms with van der Waals surface area (Å²) < 4.78 is 0. The van der Waals surface area contributed by atoms with Crippen LogP contribution in [0, 0.1) is 12.5 Å². The molecule has 1 fully saturated rings. The predicted molar refractivity (Wildman–Crippen MR) is 34.3 cm³/mol. The van der Waals surface area contributed by atoms with Crippen LogP contribution in [0.4, 0.5) is 0 Å². The van der Waals surface area contributed by atoms with E-state index in [1.165, 1.54) is 19.3 Å². The molecule has 1 heterocycles. The van der Waals surface area contributed by atoms with Crippen LogP contribution in [0.2, 0.25) is 0 Å². The standard InChI is InChI=1S/C7H11N/c1-2-8-6-4-3-5-7-8/h1H,3-7H2. The van der Waals surface area contributed by atoms with Gasteiger partial charge in [0.25, 0.3) is 0 Å². The molecule has 0 bridgehead atoms. The van der Waals surface area contributed by atoms with Gasteiger partial charge >= 0.3 is 0 Å². The van der Waals surface area contributed by atoms with Crippen LogP contribution in [0.25, 0.3) is 0 Å². The first kappa shape index (κ1) is 5.50. The molecule has 1 aliphatic rings. The molecule has 44 valence electrons. The summed E-state index contributed by atoms with van der Waals surface area (Å²) in [4.78, 5) is 2.05. The van der Waals surface area contributed by atoms with Crippen molar-refractivity contribution in [1.29, 1.82) is 0 Å². The lowest BCUT2D eigenvalue weighted by Crippen LogP contribution is -2.24. The average Bonchev–Trinajstić information content (AvgIpc) is 1.90. The minimum Gasteiger partial charge on any atom is -0.333 e. The predicted octanol–water partition coefficient (Wildman–Crippen LogP) is 1.06. The monoisotopic (exact) mass is 109 g/mol. The normalized spacial score (nSPS) is 20.1. The van der Waals surface area contributed by atoms with Crippen LogP contribution in [0.1, 0.15) is 19.3 Å². The maximum absolute atomic E-state index is 5.18. The largest absolute Gasteiger partial charge is 0.333 e. The summed E-state index contributed by atoms with van der Waals surface area (Å²) in [6, 6.07) is 2.64. The number of likely N-dealkylation sites (tertiary alicyclic amines) is 1. The van der Waals surface area contributed by atoms with Gasteiger partial charge in [-0.25, -0.2) is 0 Å². The van der Waals surface area contributed by atoms with Gasteiger partial charge in [0, 0.05) is 19.1 Å². The van der Waals surface area contributed by atoms with Crippen molar-refractivity contribution in [3.05, 3.63) is 0 Å². The Kier molecular flexibility index (Phi) is 1.80. The zero-order valence-electron chi connectivity index (χ0n) is 5.06. The highest BCUT2D eigenvalue weighted by atomic mass is 15.1. The van der Waals surface area contributed by atoms with Crippen molar-refractivity contribution < 1.29 is 0 Å². The molecule has 0 N–H and O–H groups in total. The van der Waals surface area contributed by atoms with Gasteiger partial charge < -0.3 is 4.90 Å². The van der Waals surface area contributed by atoms with Gasteiger partial charge in [0.05, 0.1) is 0 Å². The second-order valence-electron chi connectivity index (χ2n) is 2.18. The number of hydrogen-bond acceptors (Lipinski definition) is 1. The Morgan fingerprint density at radius 1 is 1.12 bits per heavy atom. The van der Waals surface area contributed by atoms with E-state index >= 15 is 0 Å². The minimum atomic E-state index is 1.11. The van der Waals surface area contributed by atoms with E-state index in [1.807, 2.05) is 4.90 Å². The minimum absolute atomic E-state index is 1.11. The summed E-state index contributed by atoms with van der Waals surface area (Å²) in [5.41, 5.74) is 0. The van der Waals surface area contributed by atoms with Crippen molar-refractivity contribution in [2.24, 2.45) is 0 Å². The van der Waals surface area contributed by atoms with Crippen molar-refractivity contribution in [2.75, 3.05) is 13.1 Å². The van der Waals surface area contributed by atoms with Gasteiger partial charge in [-0.2, -0.15) is 0 Å². The van der Waals surface area contributed by atoms with Crippen LogP contribution in [-0.4, -0.2) is 18.0 Å². The number of terminal acetylenes is 1. The number of hydrogen-bond donors (Lipinski definition) is 0. The average molecular weight is 109 g/mol. The lowest BCUT2D eigenvalue weighted by atomic mass is 10.1. The maximum Gasteiger partial charge on any atom is 0.0260 e. The van der Waals surface area contributed by atoms with E-state index in [0.717, 1.165) is 13.1 Å². The van der Waals surface area contributed by atoms with Gasteiger partial charge in [-0.3, -0.25) is 0 Å². The molecule has 0 aromatic rings. The summed E-state index contributed by atoms with van der Waals surface area (Å²) in [6.45, 7) is 2.22. The summed E-state index contributed by atoms with van der Waals surface area (Å²) in [5, 5.41) is 0. The van der Waals surface area contributed by atoms with Gasteiger partial charge in [-0.1, -0.05) is 6.42 Å². The first-order valence-electron chi connectivity index (χ1n) is 3.14. The van der Waals surface area contributed by atoms with E-state index in [4.69, 9.17) is 6.42 Å². The second kappa shape index (κ2) is 2.61. The molecule has 0 amide bonds. The highest BCUT2D eigenvalue weighted by molar-refractivity contribution is 4.86. The molecule has 1 aliphatic heterocycles. The molecule has 0 aliphatic carbocycles. The first-order chi connectivity index (χ1) is 3.93. The smallest absolute Gasteiger partial charge is 0.0260 e. The molecule has 1 nitrogen and oxygen atoms in total. The van der Waals surface area contributed by atoms with Crippen molar-refractivity contribution in [1.82, 2.24) is 4.90 Å². The van der Waals surface area contributed by atoms with Crippen LogP contribution < -0.4 is 0 Å². The SMILES string of the molecule is C#CN1CCCCC1. The molecule has 8 heavy (non-hydrogen) atoms. The Bertz CT molecular complexity index is 95.4. The number of nitrogens with zero attached hydrogens (tertiary/aromatic N) is 1. The Hall–Kier alpha value is -0.640. The highest BCUT2D eigenvalue weighted by Gasteiger charge is 2.03. The third kappa shape index (κ3) is 1.16. The molecule has 1 saturated heterocycles. The number of piperidine rings is 1. The molecule has 0 unspecified atom stereocenters. The lowest BCUT2D eigenvalue weighted by Gasteiger charge is -2.21. The quantitative estimate of drug-likeness (QED) is 0.420. The van der Waals surface area contributed by atoms with Gasteiger partial charge in [0.15, 0.2) is 0 Å². The Morgan fingerprint density at radius 3 is 2.12 bits per heavy atom. The molecule has 0 aromatic carbocycles. The van der Waals surface area contributed by atoms with E-state index in [-0.39, 0.29) is 0 Å². The molecule has 0 radical (unpaired) electrons. The fourth-order valence-electron chi connectivity index (χ4n) is 1.02. The van der Waals surface area contributed by atoms with E-state index in [2.05, 4.69) is 6.04 Å². The maximum atomic E-state index is 5.18. The van der Waals surface area contributed by atoms with Crippen LogP contribution >= 0.6 is 0 Å². The summed E-state index contributed by atoms with van der Waals surface area (Å²) in [5.74, 6) is 0. The van der Waals surface area contributed by atoms with Crippen LogP contribution in [0.3, 0.4) is 0 Å².